The molecule has 10 heteroatoms. The summed E-state index contributed by atoms with van der Waals surface area (Å²) in [6, 6.07) is 2.92. The van der Waals surface area contributed by atoms with Crippen LogP contribution in [0.2, 0.25) is 5.02 Å². The lowest BCUT2D eigenvalue weighted by Crippen LogP contribution is -2.32. The number of nitrogens with one attached hydrogen (secondary N) is 1. The molecule has 0 bridgehead atoms. The van der Waals surface area contributed by atoms with Gasteiger partial charge in [0.2, 0.25) is 0 Å². The fourth-order valence-corrected chi connectivity index (χ4v) is 3.60. The molecular formula is C17H13ClFN3O4S. The minimum Gasteiger partial charge on any atom is -0.476 e. The van der Waals surface area contributed by atoms with Gasteiger partial charge in [-0.15, -0.1) is 11.3 Å². The average molecular weight is 410 g/mol. The summed E-state index contributed by atoms with van der Waals surface area (Å²) in [7, 11) is 1.24. The monoisotopic (exact) mass is 409 g/mol. The van der Waals surface area contributed by atoms with E-state index in [4.69, 9.17) is 21.4 Å². The number of ether oxygens (including phenoxy) is 1. The molecule has 2 N–H and O–H groups in total. The number of halogens is 2. The highest BCUT2D eigenvalue weighted by Crippen LogP contribution is 2.36. The van der Waals surface area contributed by atoms with Gasteiger partial charge in [0.1, 0.15) is 11.9 Å². The summed E-state index contributed by atoms with van der Waals surface area (Å²) in [6.45, 7) is 1.65. The summed E-state index contributed by atoms with van der Waals surface area (Å²) in [6.07, 6.45) is 0. The van der Waals surface area contributed by atoms with Crippen molar-refractivity contribution in [1.29, 1.82) is 0 Å². The molecule has 2 heterocycles. The molecule has 27 heavy (non-hydrogen) atoms. The first-order valence-electron chi connectivity index (χ1n) is 7.60. The molecule has 1 aromatic carbocycles. The van der Waals surface area contributed by atoms with Crippen molar-refractivity contribution in [2.24, 2.45) is 4.99 Å². The Morgan fingerprint density at radius 1 is 1.41 bits per heavy atom. The fourth-order valence-electron chi connectivity index (χ4n) is 2.59. The SMILES string of the molecule is COC(=O)C1=C(C)NC(c2nc(C(=O)O)cs2)=NC1c1ccc(F)cc1Cl. The van der Waals surface area contributed by atoms with Gasteiger partial charge in [-0.25, -0.2) is 19.0 Å². The highest BCUT2D eigenvalue weighted by atomic mass is 35.5. The number of carboxylic acids is 1. The highest BCUT2D eigenvalue weighted by Gasteiger charge is 2.32. The number of carbonyl (C=O) groups excluding carboxylic acids is 1. The summed E-state index contributed by atoms with van der Waals surface area (Å²) >= 11 is 7.26. The highest BCUT2D eigenvalue weighted by molar-refractivity contribution is 7.12. The van der Waals surface area contributed by atoms with Crippen molar-refractivity contribution in [3.8, 4) is 0 Å². The number of rotatable bonds is 4. The van der Waals surface area contributed by atoms with E-state index in [0.29, 0.717) is 16.3 Å². The quantitative estimate of drug-likeness (QED) is 0.752. The number of nitrogens with zero attached hydrogens (tertiary/aromatic N) is 2. The van der Waals surface area contributed by atoms with Crippen molar-refractivity contribution in [2.75, 3.05) is 7.11 Å². The van der Waals surface area contributed by atoms with Crippen LogP contribution in [0.4, 0.5) is 4.39 Å². The molecule has 3 rings (SSSR count). The van der Waals surface area contributed by atoms with Gasteiger partial charge >= 0.3 is 11.9 Å². The minimum absolute atomic E-state index is 0.101. The first-order chi connectivity index (χ1) is 12.8. The Morgan fingerprint density at radius 2 is 2.15 bits per heavy atom. The number of thiazole rings is 1. The summed E-state index contributed by atoms with van der Waals surface area (Å²) in [4.78, 5) is 31.8. The lowest BCUT2D eigenvalue weighted by Gasteiger charge is -2.25. The molecule has 2 aromatic rings. The van der Waals surface area contributed by atoms with Crippen LogP contribution < -0.4 is 5.32 Å². The van der Waals surface area contributed by atoms with E-state index in [1.54, 1.807) is 6.92 Å². The van der Waals surface area contributed by atoms with E-state index in [0.717, 1.165) is 17.4 Å². The number of carbonyl (C=O) groups is 2. The van der Waals surface area contributed by atoms with Crippen molar-refractivity contribution in [3.63, 3.8) is 0 Å². The Kier molecular flexibility index (Phi) is 5.24. The number of hydrogen-bond donors (Lipinski definition) is 2. The van der Waals surface area contributed by atoms with Crippen LogP contribution in [-0.2, 0) is 9.53 Å². The maximum Gasteiger partial charge on any atom is 0.355 e. The molecule has 1 unspecified atom stereocenters. The zero-order valence-electron chi connectivity index (χ0n) is 14.1. The number of esters is 1. The molecule has 0 radical (unpaired) electrons. The Balaban J connectivity index is 2.12. The second-order valence-corrected chi connectivity index (χ2v) is 6.81. The zero-order chi connectivity index (χ0) is 19.7. The Hall–Kier alpha value is -2.78. The second kappa shape index (κ2) is 7.45. The zero-order valence-corrected chi connectivity index (χ0v) is 15.7. The lowest BCUT2D eigenvalue weighted by atomic mass is 9.96. The maximum absolute atomic E-state index is 13.4. The number of hydrogen-bond acceptors (Lipinski definition) is 7. The van der Waals surface area contributed by atoms with Crippen LogP contribution in [0.25, 0.3) is 0 Å². The van der Waals surface area contributed by atoms with Gasteiger partial charge < -0.3 is 15.2 Å². The molecular weight excluding hydrogens is 397 g/mol. The van der Waals surface area contributed by atoms with Gasteiger partial charge in [-0.1, -0.05) is 17.7 Å². The predicted octanol–water partition coefficient (Wildman–Crippen LogP) is 3.17. The molecule has 7 nitrogen and oxygen atoms in total. The normalized spacial score (nSPS) is 16.6. The van der Waals surface area contributed by atoms with Gasteiger partial charge in [-0.2, -0.15) is 0 Å². The molecule has 0 amide bonds. The summed E-state index contributed by atoms with van der Waals surface area (Å²) in [5.41, 5.74) is 0.956. The molecule has 1 aliphatic rings. The molecule has 0 fully saturated rings. The van der Waals surface area contributed by atoms with Crippen LogP contribution in [0.1, 0.15) is 34.0 Å². The first-order valence-corrected chi connectivity index (χ1v) is 8.85. The number of aromatic nitrogens is 1. The van der Waals surface area contributed by atoms with E-state index in [9.17, 15) is 14.0 Å². The van der Waals surface area contributed by atoms with Crippen LogP contribution in [0, 0.1) is 5.82 Å². The summed E-state index contributed by atoms with van der Waals surface area (Å²) < 4.78 is 18.3. The predicted molar refractivity (Wildman–Crippen MR) is 97.6 cm³/mol. The molecule has 0 spiro atoms. The number of methoxy groups -OCH3 is 1. The lowest BCUT2D eigenvalue weighted by molar-refractivity contribution is -0.136. The van der Waals surface area contributed by atoms with Crippen molar-refractivity contribution in [1.82, 2.24) is 10.3 Å². The molecule has 1 aromatic heterocycles. The van der Waals surface area contributed by atoms with Gasteiger partial charge in [0.15, 0.2) is 16.5 Å². The van der Waals surface area contributed by atoms with E-state index in [1.807, 2.05) is 0 Å². The van der Waals surface area contributed by atoms with Gasteiger partial charge in [0.25, 0.3) is 0 Å². The van der Waals surface area contributed by atoms with Crippen molar-refractivity contribution in [3.05, 3.63) is 62.0 Å². The number of aliphatic imine (C=N–C) groups is 1. The smallest absolute Gasteiger partial charge is 0.355 e. The van der Waals surface area contributed by atoms with Gasteiger partial charge in [0, 0.05) is 21.7 Å². The largest absolute Gasteiger partial charge is 0.476 e. The Labute approximate surface area is 162 Å². The van der Waals surface area contributed by atoms with Crippen molar-refractivity contribution >= 4 is 40.7 Å². The van der Waals surface area contributed by atoms with E-state index in [1.165, 1.54) is 24.6 Å². The van der Waals surface area contributed by atoms with Crippen LogP contribution in [0.5, 0.6) is 0 Å². The second-order valence-electron chi connectivity index (χ2n) is 5.54. The first kappa shape index (κ1) is 19.0. The minimum atomic E-state index is -1.16. The van der Waals surface area contributed by atoms with Crippen LogP contribution in [-0.4, -0.2) is 35.0 Å². The number of aromatic carboxylic acids is 1. The third-order valence-electron chi connectivity index (χ3n) is 3.83. The van der Waals surface area contributed by atoms with E-state index in [2.05, 4.69) is 15.3 Å². The third-order valence-corrected chi connectivity index (χ3v) is 5.01. The van der Waals surface area contributed by atoms with Gasteiger partial charge in [0.05, 0.1) is 12.7 Å². The Bertz CT molecular complexity index is 1000. The summed E-state index contributed by atoms with van der Waals surface area (Å²) in [5.74, 6) is -2.01. The number of amidine groups is 1. The molecule has 140 valence electrons. The van der Waals surface area contributed by atoms with Crippen LogP contribution in [0.15, 0.2) is 39.8 Å². The van der Waals surface area contributed by atoms with Crippen LogP contribution in [0.3, 0.4) is 0 Å². The van der Waals surface area contributed by atoms with Crippen molar-refractivity contribution in [2.45, 2.75) is 13.0 Å². The standard InChI is InChI=1S/C17H13ClFN3O4S/c1-7-12(17(25)26-2)13(9-4-3-8(19)5-10(9)18)22-14(20-7)15-21-11(6-27-15)16(23)24/h3-6,13H,1-2H3,(H,20,22)(H,23,24). The Morgan fingerprint density at radius 3 is 2.74 bits per heavy atom. The summed E-state index contributed by atoms with van der Waals surface area (Å²) in [5, 5.41) is 13.8. The van der Waals surface area contributed by atoms with Crippen molar-refractivity contribution < 1.29 is 23.8 Å². The van der Waals surface area contributed by atoms with E-state index in [-0.39, 0.29) is 22.1 Å². The average Bonchev–Trinajstić information content (AvgIpc) is 3.11. The van der Waals surface area contributed by atoms with E-state index < -0.39 is 23.8 Å². The molecule has 1 atom stereocenters. The third kappa shape index (κ3) is 3.69. The number of carboxylic acid groups (broad SMARTS) is 1. The van der Waals surface area contributed by atoms with Gasteiger partial charge in [-0.3, -0.25) is 4.99 Å². The van der Waals surface area contributed by atoms with E-state index >= 15 is 0 Å². The number of benzene rings is 1. The molecule has 0 aliphatic carbocycles. The van der Waals surface area contributed by atoms with Crippen LogP contribution >= 0.6 is 22.9 Å². The maximum atomic E-state index is 13.4. The fraction of sp³-hybridized carbons (Fsp3) is 0.176. The molecule has 1 aliphatic heterocycles. The molecule has 0 saturated carbocycles. The number of allylic oxidation sites excluding steroid dienone is 1. The van der Waals surface area contributed by atoms with Gasteiger partial charge in [-0.05, 0) is 19.1 Å². The topological polar surface area (TPSA) is 101 Å². The molecule has 0 saturated heterocycles.